The molecule has 2 nitrogen and oxygen atoms in total. The SMILES string of the molecule is C=C1CCC[C@@]2(C)C1CC[C@@H]2C(C)CCC1CC(C)C(=O)O1. The van der Waals surface area contributed by atoms with Crippen molar-refractivity contribution >= 4 is 5.97 Å². The summed E-state index contributed by atoms with van der Waals surface area (Å²) in [6, 6.07) is 0. The fourth-order valence-corrected chi connectivity index (χ4v) is 5.75. The van der Waals surface area contributed by atoms with Crippen molar-refractivity contribution in [2.75, 3.05) is 0 Å². The molecule has 1 heterocycles. The van der Waals surface area contributed by atoms with Gasteiger partial charge in [0.15, 0.2) is 0 Å². The number of carbonyl (C=O) groups is 1. The molecule has 2 heteroatoms. The number of allylic oxidation sites excluding steroid dienone is 1. The molecule has 0 radical (unpaired) electrons. The average Bonchev–Trinajstić information content (AvgIpc) is 2.97. The average molecular weight is 304 g/mol. The van der Waals surface area contributed by atoms with Crippen LogP contribution in [0.15, 0.2) is 12.2 Å². The van der Waals surface area contributed by atoms with E-state index >= 15 is 0 Å². The minimum Gasteiger partial charge on any atom is -0.462 e. The first-order valence-corrected chi connectivity index (χ1v) is 9.30. The molecule has 3 fully saturated rings. The summed E-state index contributed by atoms with van der Waals surface area (Å²) in [7, 11) is 0. The van der Waals surface area contributed by atoms with E-state index < -0.39 is 0 Å². The van der Waals surface area contributed by atoms with Gasteiger partial charge in [0.05, 0.1) is 5.92 Å². The van der Waals surface area contributed by atoms with Crippen molar-refractivity contribution in [3.63, 3.8) is 0 Å². The van der Waals surface area contributed by atoms with Crippen LogP contribution in [0.2, 0.25) is 0 Å². The molecule has 3 aliphatic rings. The van der Waals surface area contributed by atoms with Crippen molar-refractivity contribution in [1.29, 1.82) is 0 Å². The largest absolute Gasteiger partial charge is 0.462 e. The van der Waals surface area contributed by atoms with Crippen molar-refractivity contribution in [3.05, 3.63) is 12.2 Å². The van der Waals surface area contributed by atoms with Gasteiger partial charge in [-0.05, 0) is 74.5 Å². The highest BCUT2D eigenvalue weighted by Crippen LogP contribution is 2.59. The zero-order valence-corrected chi connectivity index (χ0v) is 14.6. The number of esters is 1. The highest BCUT2D eigenvalue weighted by atomic mass is 16.5. The quantitative estimate of drug-likeness (QED) is 0.532. The molecule has 0 N–H and O–H groups in total. The summed E-state index contributed by atoms with van der Waals surface area (Å²) in [6.45, 7) is 11.3. The van der Waals surface area contributed by atoms with Crippen LogP contribution in [0.5, 0.6) is 0 Å². The van der Waals surface area contributed by atoms with E-state index in [-0.39, 0.29) is 18.0 Å². The van der Waals surface area contributed by atoms with E-state index in [2.05, 4.69) is 20.4 Å². The molecule has 1 saturated heterocycles. The van der Waals surface area contributed by atoms with Gasteiger partial charge in [-0.15, -0.1) is 0 Å². The lowest BCUT2D eigenvalue weighted by Gasteiger charge is -2.44. The maximum absolute atomic E-state index is 11.5. The molecule has 2 aliphatic carbocycles. The van der Waals surface area contributed by atoms with Gasteiger partial charge < -0.3 is 4.74 Å². The molecule has 22 heavy (non-hydrogen) atoms. The lowest BCUT2D eigenvalue weighted by molar-refractivity contribution is -0.144. The van der Waals surface area contributed by atoms with Gasteiger partial charge in [0.2, 0.25) is 0 Å². The first-order chi connectivity index (χ1) is 10.4. The fourth-order valence-electron chi connectivity index (χ4n) is 5.75. The van der Waals surface area contributed by atoms with Crippen molar-refractivity contribution in [3.8, 4) is 0 Å². The van der Waals surface area contributed by atoms with Crippen molar-refractivity contribution in [1.82, 2.24) is 0 Å². The summed E-state index contributed by atoms with van der Waals surface area (Å²) >= 11 is 0. The Hall–Kier alpha value is -0.790. The zero-order chi connectivity index (χ0) is 15.9. The highest BCUT2D eigenvalue weighted by Gasteiger charge is 2.50. The van der Waals surface area contributed by atoms with Crippen LogP contribution in [0.1, 0.15) is 72.1 Å². The molecule has 0 aromatic rings. The predicted octanol–water partition coefficient (Wildman–Crippen LogP) is 5.13. The van der Waals surface area contributed by atoms with Crippen molar-refractivity contribution in [2.24, 2.45) is 29.1 Å². The summed E-state index contributed by atoms with van der Waals surface area (Å²) in [5, 5.41) is 0. The third-order valence-corrected chi connectivity index (χ3v) is 7.05. The van der Waals surface area contributed by atoms with Gasteiger partial charge in [-0.1, -0.05) is 32.9 Å². The van der Waals surface area contributed by atoms with E-state index in [0.29, 0.717) is 5.41 Å². The maximum Gasteiger partial charge on any atom is 0.309 e. The number of fused-ring (bicyclic) bond motifs is 1. The van der Waals surface area contributed by atoms with Crippen LogP contribution in [0, 0.1) is 29.1 Å². The Kier molecular flexibility index (Phi) is 4.40. The Balaban J connectivity index is 1.57. The molecule has 4 unspecified atom stereocenters. The van der Waals surface area contributed by atoms with E-state index in [1.807, 2.05) is 6.92 Å². The first kappa shape index (κ1) is 16.1. The van der Waals surface area contributed by atoms with Crippen LogP contribution in [0.25, 0.3) is 0 Å². The number of ether oxygens (including phenoxy) is 1. The summed E-state index contributed by atoms with van der Waals surface area (Å²) < 4.78 is 5.48. The van der Waals surface area contributed by atoms with Crippen LogP contribution in [-0.4, -0.2) is 12.1 Å². The molecule has 1 aliphatic heterocycles. The van der Waals surface area contributed by atoms with Crippen LogP contribution in [0.4, 0.5) is 0 Å². The Labute approximate surface area is 135 Å². The Morgan fingerprint density at radius 3 is 2.86 bits per heavy atom. The minimum atomic E-state index is 0.00845. The number of rotatable bonds is 4. The monoisotopic (exact) mass is 304 g/mol. The normalized spacial score (nSPS) is 43.0. The molecule has 0 amide bonds. The van der Waals surface area contributed by atoms with Crippen molar-refractivity contribution < 1.29 is 9.53 Å². The van der Waals surface area contributed by atoms with E-state index in [9.17, 15) is 4.79 Å². The molecule has 2 saturated carbocycles. The number of hydrogen-bond donors (Lipinski definition) is 0. The molecule has 0 aromatic heterocycles. The molecule has 6 atom stereocenters. The smallest absolute Gasteiger partial charge is 0.309 e. The van der Waals surface area contributed by atoms with Gasteiger partial charge in [0.1, 0.15) is 6.10 Å². The molecule has 124 valence electrons. The highest BCUT2D eigenvalue weighted by molar-refractivity contribution is 5.74. The van der Waals surface area contributed by atoms with Crippen LogP contribution in [-0.2, 0) is 9.53 Å². The van der Waals surface area contributed by atoms with E-state index in [4.69, 9.17) is 4.74 Å². The first-order valence-electron chi connectivity index (χ1n) is 9.30. The summed E-state index contributed by atoms with van der Waals surface area (Å²) in [4.78, 5) is 11.5. The molecule has 0 spiro atoms. The van der Waals surface area contributed by atoms with Gasteiger partial charge in [-0.3, -0.25) is 4.79 Å². The Morgan fingerprint density at radius 1 is 1.41 bits per heavy atom. The number of carbonyl (C=O) groups excluding carboxylic acids is 1. The second-order valence-electron chi connectivity index (χ2n) is 8.50. The third kappa shape index (κ3) is 2.74. The summed E-state index contributed by atoms with van der Waals surface area (Å²) in [5.74, 6) is 2.43. The van der Waals surface area contributed by atoms with Crippen LogP contribution < -0.4 is 0 Å². The van der Waals surface area contributed by atoms with Crippen molar-refractivity contribution in [2.45, 2.75) is 78.2 Å². The van der Waals surface area contributed by atoms with Gasteiger partial charge in [-0.25, -0.2) is 0 Å². The molecular weight excluding hydrogens is 272 g/mol. The zero-order valence-electron chi connectivity index (χ0n) is 14.6. The van der Waals surface area contributed by atoms with Gasteiger partial charge in [0.25, 0.3) is 0 Å². The van der Waals surface area contributed by atoms with E-state index in [1.54, 1.807) is 0 Å². The summed E-state index contributed by atoms with van der Waals surface area (Å²) in [6.07, 6.45) is 10.0. The summed E-state index contributed by atoms with van der Waals surface area (Å²) in [5.41, 5.74) is 2.00. The second kappa shape index (κ2) is 6.02. The predicted molar refractivity (Wildman–Crippen MR) is 89.4 cm³/mol. The molecule has 0 bridgehead atoms. The molecule has 0 aromatic carbocycles. The lowest BCUT2D eigenvalue weighted by atomic mass is 9.61. The molecular formula is C20H32O2. The van der Waals surface area contributed by atoms with Gasteiger partial charge in [-0.2, -0.15) is 0 Å². The molecule has 3 rings (SSSR count). The second-order valence-corrected chi connectivity index (χ2v) is 8.50. The van der Waals surface area contributed by atoms with Gasteiger partial charge >= 0.3 is 5.97 Å². The lowest BCUT2D eigenvalue weighted by Crippen LogP contribution is -2.35. The maximum atomic E-state index is 11.5. The fraction of sp³-hybridized carbons (Fsp3) is 0.850. The standard InChI is InChI=1S/C20H32O2/c1-13-6-5-11-20(4)17(13)9-10-18(20)14(2)7-8-16-12-15(3)19(21)22-16/h14-18H,1,5-12H2,2-4H3/t14?,15?,16?,17?,18-,20+/m1/s1. The van der Waals surface area contributed by atoms with Crippen LogP contribution in [0.3, 0.4) is 0 Å². The Morgan fingerprint density at radius 2 is 2.18 bits per heavy atom. The number of cyclic esters (lactones) is 1. The minimum absolute atomic E-state index is 0.00845. The van der Waals surface area contributed by atoms with Crippen LogP contribution >= 0.6 is 0 Å². The van der Waals surface area contributed by atoms with E-state index in [0.717, 1.165) is 30.6 Å². The number of hydrogen-bond acceptors (Lipinski definition) is 2. The van der Waals surface area contributed by atoms with E-state index in [1.165, 1.54) is 44.1 Å². The third-order valence-electron chi connectivity index (χ3n) is 7.05. The topological polar surface area (TPSA) is 26.3 Å². The Bertz CT molecular complexity index is 455. The van der Waals surface area contributed by atoms with Gasteiger partial charge in [0, 0.05) is 0 Å².